The van der Waals surface area contributed by atoms with Crippen LogP contribution in [0, 0.1) is 0 Å². The van der Waals surface area contributed by atoms with Gasteiger partial charge in [0, 0.05) is 22.4 Å². The van der Waals surface area contributed by atoms with Gasteiger partial charge in [-0.15, -0.1) is 11.8 Å². The van der Waals surface area contributed by atoms with E-state index in [2.05, 4.69) is 87.7 Å². The van der Waals surface area contributed by atoms with Crippen LogP contribution in [0.1, 0.15) is 27.7 Å². The minimum atomic E-state index is 0.450. The molecule has 0 aliphatic carbocycles. The van der Waals surface area contributed by atoms with Gasteiger partial charge in [0.05, 0.1) is 0 Å². The number of hydrogen-bond donors (Lipinski definition) is 1. The largest absolute Gasteiger partial charge is 0.384 e. The molecule has 2 heteroatoms. The van der Waals surface area contributed by atoms with E-state index >= 15 is 0 Å². The molecule has 0 spiro atoms. The summed E-state index contributed by atoms with van der Waals surface area (Å²) in [5.41, 5.74) is 2.54. The van der Waals surface area contributed by atoms with Crippen LogP contribution in [0.4, 0.5) is 5.69 Å². The monoisotopic (exact) mass is 287 g/mol. The maximum atomic E-state index is 3.40. The lowest BCUT2D eigenvalue weighted by atomic mass is 10.3. The first kappa shape index (κ1) is 16.6. The fourth-order valence-corrected chi connectivity index (χ4v) is 2.67. The van der Waals surface area contributed by atoms with Crippen molar-refractivity contribution in [1.82, 2.24) is 0 Å². The number of nitrogens with one attached hydrogen (secondary N) is 1. The smallest absolute Gasteiger partial charge is 0.0478 e. The zero-order valence-corrected chi connectivity index (χ0v) is 13.7. The number of allylic oxidation sites excluding steroid dienone is 5. The summed E-state index contributed by atoms with van der Waals surface area (Å²) >= 11 is 1.88. The van der Waals surface area contributed by atoms with Crippen molar-refractivity contribution in [3.05, 3.63) is 60.2 Å². The van der Waals surface area contributed by atoms with E-state index in [0.29, 0.717) is 5.25 Å². The molecule has 1 N–H and O–H groups in total. The fraction of sp³-hybridized carbons (Fsp3) is 0.333. The highest BCUT2D eigenvalue weighted by Gasteiger charge is 2.04. The lowest BCUT2D eigenvalue weighted by Gasteiger charge is -2.12. The molecule has 0 aliphatic heterocycles. The standard InChI is InChI=1S/C18H25NS/c1-5-19-17-13-9-10-14-18(17)20-16(4)12-8-6-7-11-15(2)3/h6-14,16,19H,5H2,1-4H3/b7-6+,12-8+. The Balaban J connectivity index is 2.58. The Kier molecular flexibility index (Phi) is 7.89. The van der Waals surface area contributed by atoms with Crippen molar-refractivity contribution < 1.29 is 0 Å². The van der Waals surface area contributed by atoms with Crippen LogP contribution in [0.15, 0.2) is 65.1 Å². The summed E-state index contributed by atoms with van der Waals surface area (Å²) in [6.07, 6.45) is 10.6. The second-order valence-corrected chi connectivity index (χ2v) is 6.28. The van der Waals surface area contributed by atoms with E-state index < -0.39 is 0 Å². The Bertz CT molecular complexity index is 482. The van der Waals surface area contributed by atoms with Gasteiger partial charge in [0.1, 0.15) is 0 Å². The summed E-state index contributed by atoms with van der Waals surface area (Å²) in [6, 6.07) is 8.47. The van der Waals surface area contributed by atoms with Gasteiger partial charge in [0.2, 0.25) is 0 Å². The van der Waals surface area contributed by atoms with Gasteiger partial charge in [0.25, 0.3) is 0 Å². The Morgan fingerprint density at radius 1 is 1.20 bits per heavy atom. The zero-order valence-electron chi connectivity index (χ0n) is 12.9. The lowest BCUT2D eigenvalue weighted by Crippen LogP contribution is -1.99. The molecule has 1 unspecified atom stereocenters. The molecular formula is C18H25NS. The van der Waals surface area contributed by atoms with Crippen molar-refractivity contribution >= 4 is 17.4 Å². The molecule has 0 saturated carbocycles. The van der Waals surface area contributed by atoms with Crippen molar-refractivity contribution in [2.24, 2.45) is 0 Å². The second kappa shape index (κ2) is 9.49. The third-order valence-corrected chi connectivity index (χ3v) is 3.74. The average Bonchev–Trinajstić information content (AvgIpc) is 2.40. The molecule has 108 valence electrons. The minimum absolute atomic E-state index is 0.450. The topological polar surface area (TPSA) is 12.0 Å². The highest BCUT2D eigenvalue weighted by atomic mass is 32.2. The van der Waals surface area contributed by atoms with Crippen molar-refractivity contribution in [1.29, 1.82) is 0 Å². The zero-order chi connectivity index (χ0) is 14.8. The third kappa shape index (κ3) is 6.67. The predicted octanol–water partition coefficient (Wildman–Crippen LogP) is 5.68. The Hall–Kier alpha value is -1.41. The highest BCUT2D eigenvalue weighted by molar-refractivity contribution is 8.00. The predicted molar refractivity (Wildman–Crippen MR) is 93.6 cm³/mol. The van der Waals surface area contributed by atoms with Crippen LogP contribution in [0.3, 0.4) is 0 Å². The summed E-state index contributed by atoms with van der Waals surface area (Å²) in [6.45, 7) is 9.50. The molecule has 1 rings (SSSR count). The van der Waals surface area contributed by atoms with E-state index in [4.69, 9.17) is 0 Å². The van der Waals surface area contributed by atoms with E-state index in [1.165, 1.54) is 16.2 Å². The molecule has 0 saturated heterocycles. The maximum absolute atomic E-state index is 3.40. The summed E-state index contributed by atoms with van der Waals surface area (Å²) in [5.74, 6) is 0. The van der Waals surface area contributed by atoms with E-state index in [1.54, 1.807) is 0 Å². The van der Waals surface area contributed by atoms with Gasteiger partial charge in [-0.3, -0.25) is 0 Å². The molecule has 1 aromatic rings. The van der Waals surface area contributed by atoms with Crippen LogP contribution in [0.2, 0.25) is 0 Å². The molecule has 0 heterocycles. The fourth-order valence-electron chi connectivity index (χ4n) is 1.68. The normalized spacial score (nSPS) is 12.8. The van der Waals surface area contributed by atoms with Gasteiger partial charge in [-0.2, -0.15) is 0 Å². The molecule has 0 radical (unpaired) electrons. The number of anilines is 1. The van der Waals surface area contributed by atoms with Crippen molar-refractivity contribution in [2.45, 2.75) is 37.8 Å². The molecule has 0 aliphatic rings. The summed E-state index contributed by atoms with van der Waals surface area (Å²) < 4.78 is 0. The van der Waals surface area contributed by atoms with Gasteiger partial charge in [-0.1, -0.05) is 48.1 Å². The van der Waals surface area contributed by atoms with E-state index in [9.17, 15) is 0 Å². The van der Waals surface area contributed by atoms with Crippen LogP contribution in [-0.4, -0.2) is 11.8 Å². The van der Waals surface area contributed by atoms with E-state index in [0.717, 1.165) is 6.54 Å². The van der Waals surface area contributed by atoms with Gasteiger partial charge < -0.3 is 5.32 Å². The number of para-hydroxylation sites is 1. The number of benzene rings is 1. The SMILES string of the molecule is CCNc1ccccc1SC(C)/C=C/C=C/C=C(C)C. The molecule has 1 aromatic carbocycles. The van der Waals surface area contributed by atoms with Crippen LogP contribution in [0.5, 0.6) is 0 Å². The number of hydrogen-bond acceptors (Lipinski definition) is 2. The van der Waals surface area contributed by atoms with Crippen molar-refractivity contribution in [3.8, 4) is 0 Å². The van der Waals surface area contributed by atoms with Crippen LogP contribution >= 0.6 is 11.8 Å². The molecule has 0 aromatic heterocycles. The molecule has 0 fully saturated rings. The molecule has 0 bridgehead atoms. The molecule has 20 heavy (non-hydrogen) atoms. The maximum Gasteiger partial charge on any atom is 0.0478 e. The molecule has 1 atom stereocenters. The number of rotatable bonds is 7. The second-order valence-electron chi connectivity index (χ2n) is 4.86. The molecule has 1 nitrogen and oxygen atoms in total. The Morgan fingerprint density at radius 3 is 2.65 bits per heavy atom. The quantitative estimate of drug-likeness (QED) is 0.511. The summed E-state index contributed by atoms with van der Waals surface area (Å²) in [4.78, 5) is 1.31. The van der Waals surface area contributed by atoms with Crippen LogP contribution in [0.25, 0.3) is 0 Å². The van der Waals surface area contributed by atoms with Gasteiger partial charge >= 0.3 is 0 Å². The Labute approximate surface area is 127 Å². The first-order valence-electron chi connectivity index (χ1n) is 7.11. The van der Waals surface area contributed by atoms with Crippen molar-refractivity contribution in [3.63, 3.8) is 0 Å². The molecular weight excluding hydrogens is 262 g/mol. The van der Waals surface area contributed by atoms with Gasteiger partial charge in [0.15, 0.2) is 0 Å². The molecule has 0 amide bonds. The van der Waals surface area contributed by atoms with E-state index in [1.807, 2.05) is 11.8 Å². The summed E-state index contributed by atoms with van der Waals surface area (Å²) in [5, 5.41) is 3.85. The highest BCUT2D eigenvalue weighted by Crippen LogP contribution is 2.30. The minimum Gasteiger partial charge on any atom is -0.384 e. The average molecular weight is 287 g/mol. The number of thioether (sulfide) groups is 1. The lowest BCUT2D eigenvalue weighted by molar-refractivity contribution is 1.18. The van der Waals surface area contributed by atoms with Gasteiger partial charge in [-0.25, -0.2) is 0 Å². The first-order chi connectivity index (χ1) is 9.63. The third-order valence-electron chi connectivity index (χ3n) is 2.60. The van der Waals surface area contributed by atoms with Crippen LogP contribution < -0.4 is 5.32 Å². The van der Waals surface area contributed by atoms with Crippen molar-refractivity contribution in [2.75, 3.05) is 11.9 Å². The van der Waals surface area contributed by atoms with Crippen LogP contribution in [-0.2, 0) is 0 Å². The Morgan fingerprint density at radius 2 is 1.95 bits per heavy atom. The first-order valence-corrected chi connectivity index (χ1v) is 7.99. The van der Waals surface area contributed by atoms with E-state index in [-0.39, 0.29) is 0 Å². The summed E-state index contributed by atoms with van der Waals surface area (Å²) in [7, 11) is 0. The van der Waals surface area contributed by atoms with Gasteiger partial charge in [-0.05, 0) is 39.8 Å².